The lowest BCUT2D eigenvalue weighted by Gasteiger charge is -2.09. The maximum Gasteiger partial charge on any atom is 0.164 e. The summed E-state index contributed by atoms with van der Waals surface area (Å²) >= 11 is 0. The zero-order chi connectivity index (χ0) is 6.43. The van der Waals surface area contributed by atoms with Crippen LogP contribution in [-0.4, -0.2) is 29.2 Å². The van der Waals surface area contributed by atoms with Crippen LogP contribution in [0.15, 0.2) is 0 Å². The van der Waals surface area contributed by atoms with Gasteiger partial charge < -0.3 is 9.84 Å². The van der Waals surface area contributed by atoms with Crippen LogP contribution in [0, 0.1) is 0 Å². The van der Waals surface area contributed by atoms with Crippen molar-refractivity contribution in [1.29, 1.82) is 0 Å². The van der Waals surface area contributed by atoms with Gasteiger partial charge in [-0.3, -0.25) is 4.79 Å². The molecule has 50 valence electrons. The van der Waals surface area contributed by atoms with Crippen LogP contribution in [0.5, 0.6) is 0 Å². The molecule has 2 fully saturated rings. The first kappa shape index (κ1) is 5.38. The Hall–Kier alpha value is -0.410. The van der Waals surface area contributed by atoms with Gasteiger partial charge >= 0.3 is 0 Å². The van der Waals surface area contributed by atoms with E-state index in [1.54, 1.807) is 0 Å². The quantitative estimate of drug-likeness (QED) is 0.477. The lowest BCUT2D eigenvalue weighted by atomic mass is 9.97. The minimum atomic E-state index is -0.382. The Kier molecular flexibility index (Phi) is 0.926. The van der Waals surface area contributed by atoms with Gasteiger partial charge in [-0.05, 0) is 0 Å². The zero-order valence-electron chi connectivity index (χ0n) is 4.91. The van der Waals surface area contributed by atoms with E-state index in [2.05, 4.69) is 0 Å². The van der Waals surface area contributed by atoms with E-state index in [4.69, 9.17) is 9.84 Å². The minimum Gasteiger partial charge on any atom is -0.390 e. The highest BCUT2D eigenvalue weighted by atomic mass is 16.5. The first-order chi connectivity index (χ1) is 4.27. The Morgan fingerprint density at radius 2 is 2.44 bits per heavy atom. The number of rotatable bonds is 0. The van der Waals surface area contributed by atoms with Crippen LogP contribution in [0.1, 0.15) is 12.8 Å². The lowest BCUT2D eigenvalue weighted by molar-refractivity contribution is -0.122. The normalized spacial score (nSPS) is 48.6. The van der Waals surface area contributed by atoms with Crippen LogP contribution in [0.2, 0.25) is 0 Å². The van der Waals surface area contributed by atoms with Gasteiger partial charge in [-0.15, -0.1) is 0 Å². The molecule has 3 unspecified atom stereocenters. The first-order valence-corrected chi connectivity index (χ1v) is 3.13. The third-order valence-corrected chi connectivity index (χ3v) is 1.99. The Labute approximate surface area is 52.6 Å². The molecular weight excluding hydrogens is 120 g/mol. The third-order valence-electron chi connectivity index (χ3n) is 1.99. The molecule has 2 saturated heterocycles. The molecule has 3 heteroatoms. The van der Waals surface area contributed by atoms with Gasteiger partial charge in [0.15, 0.2) is 5.78 Å². The molecule has 3 atom stereocenters. The van der Waals surface area contributed by atoms with E-state index < -0.39 is 0 Å². The average Bonchev–Trinajstić information content (AvgIpc) is 2.24. The van der Waals surface area contributed by atoms with E-state index in [0.29, 0.717) is 12.8 Å². The molecular formula is C6H8O3. The second kappa shape index (κ2) is 1.55. The van der Waals surface area contributed by atoms with E-state index >= 15 is 0 Å². The molecule has 2 aliphatic heterocycles. The summed E-state index contributed by atoms with van der Waals surface area (Å²) < 4.78 is 5.10. The Morgan fingerprint density at radius 3 is 2.78 bits per heavy atom. The van der Waals surface area contributed by atoms with Gasteiger partial charge in [0.2, 0.25) is 0 Å². The summed E-state index contributed by atoms with van der Waals surface area (Å²) in [5, 5.41) is 9.06. The molecule has 0 aromatic heterocycles. The summed E-state index contributed by atoms with van der Waals surface area (Å²) in [6, 6.07) is 0. The van der Waals surface area contributed by atoms with Crippen LogP contribution in [0.3, 0.4) is 0 Å². The molecule has 0 aromatic rings. The number of ether oxygens (including phenoxy) is 1. The molecule has 3 nitrogen and oxygen atoms in total. The number of aliphatic hydroxyl groups is 1. The molecule has 0 aliphatic carbocycles. The fourth-order valence-electron chi connectivity index (χ4n) is 1.45. The largest absolute Gasteiger partial charge is 0.390 e. The van der Waals surface area contributed by atoms with Crippen molar-refractivity contribution in [2.75, 3.05) is 0 Å². The standard InChI is InChI=1S/C6H8O3/c7-3-1-5-4(8)2-6(3)9-5/h3,5-7H,1-2H2. The van der Waals surface area contributed by atoms with E-state index in [1.165, 1.54) is 0 Å². The van der Waals surface area contributed by atoms with Gasteiger partial charge in [-0.25, -0.2) is 0 Å². The molecule has 1 N–H and O–H groups in total. The van der Waals surface area contributed by atoms with Gasteiger partial charge in [0.1, 0.15) is 6.10 Å². The van der Waals surface area contributed by atoms with Crippen molar-refractivity contribution in [3.63, 3.8) is 0 Å². The Bertz CT molecular complexity index is 152. The summed E-state index contributed by atoms with van der Waals surface area (Å²) in [6.07, 6.45) is 0.107. The second-order valence-electron chi connectivity index (χ2n) is 2.64. The average molecular weight is 128 g/mol. The summed E-state index contributed by atoms with van der Waals surface area (Å²) in [6.45, 7) is 0. The van der Waals surface area contributed by atoms with Crippen LogP contribution in [0.25, 0.3) is 0 Å². The predicted molar refractivity (Wildman–Crippen MR) is 28.9 cm³/mol. The number of hydrogen-bond acceptors (Lipinski definition) is 3. The topological polar surface area (TPSA) is 46.5 Å². The van der Waals surface area contributed by atoms with Crippen LogP contribution >= 0.6 is 0 Å². The predicted octanol–water partition coefficient (Wildman–Crippen LogP) is -0.522. The number of fused-ring (bicyclic) bond motifs is 2. The minimum absolute atomic E-state index is 0.158. The highest BCUT2D eigenvalue weighted by Crippen LogP contribution is 2.31. The van der Waals surface area contributed by atoms with Gasteiger partial charge in [0, 0.05) is 12.8 Å². The van der Waals surface area contributed by atoms with Gasteiger partial charge in [0.05, 0.1) is 12.2 Å². The van der Waals surface area contributed by atoms with Crippen molar-refractivity contribution in [3.05, 3.63) is 0 Å². The zero-order valence-corrected chi connectivity index (χ0v) is 4.91. The number of Topliss-reactive ketones (excluding diaryl/α,β-unsaturated/α-hetero) is 1. The van der Waals surface area contributed by atoms with E-state index in [1.807, 2.05) is 0 Å². The fourth-order valence-corrected chi connectivity index (χ4v) is 1.45. The number of hydrogen-bond donors (Lipinski definition) is 1. The summed E-state index contributed by atoms with van der Waals surface area (Å²) in [5.41, 5.74) is 0. The smallest absolute Gasteiger partial charge is 0.164 e. The SMILES string of the molecule is O=C1CC2OC1CC2O. The second-order valence-corrected chi connectivity index (χ2v) is 2.64. The summed E-state index contributed by atoms with van der Waals surface area (Å²) in [5.74, 6) is 0.158. The van der Waals surface area contributed by atoms with Crippen molar-refractivity contribution in [2.45, 2.75) is 31.2 Å². The summed E-state index contributed by atoms with van der Waals surface area (Å²) in [4.78, 5) is 10.7. The molecule has 0 aromatic carbocycles. The molecule has 2 bridgehead atoms. The molecule has 2 heterocycles. The van der Waals surface area contributed by atoms with E-state index in [0.717, 1.165) is 0 Å². The molecule has 0 saturated carbocycles. The molecule has 0 spiro atoms. The molecule has 0 radical (unpaired) electrons. The Morgan fingerprint density at radius 1 is 1.67 bits per heavy atom. The van der Waals surface area contributed by atoms with Crippen molar-refractivity contribution in [1.82, 2.24) is 0 Å². The van der Waals surface area contributed by atoms with Crippen molar-refractivity contribution < 1.29 is 14.6 Å². The third kappa shape index (κ3) is 0.618. The monoisotopic (exact) mass is 128 g/mol. The van der Waals surface area contributed by atoms with Crippen molar-refractivity contribution in [2.24, 2.45) is 0 Å². The number of ketones is 1. The maximum absolute atomic E-state index is 10.7. The molecule has 2 aliphatic rings. The van der Waals surface area contributed by atoms with E-state index in [9.17, 15) is 4.79 Å². The number of carbonyl (C=O) groups is 1. The maximum atomic E-state index is 10.7. The van der Waals surface area contributed by atoms with Gasteiger partial charge in [0.25, 0.3) is 0 Å². The van der Waals surface area contributed by atoms with Gasteiger partial charge in [-0.2, -0.15) is 0 Å². The van der Waals surface area contributed by atoms with Crippen LogP contribution in [-0.2, 0) is 9.53 Å². The molecule has 0 amide bonds. The van der Waals surface area contributed by atoms with Crippen LogP contribution in [0.4, 0.5) is 0 Å². The first-order valence-electron chi connectivity index (χ1n) is 3.13. The highest BCUT2D eigenvalue weighted by Gasteiger charge is 2.45. The number of carbonyl (C=O) groups excluding carboxylic acids is 1. The highest BCUT2D eigenvalue weighted by molar-refractivity contribution is 5.86. The van der Waals surface area contributed by atoms with Crippen LogP contribution < -0.4 is 0 Å². The fraction of sp³-hybridized carbons (Fsp3) is 0.833. The summed E-state index contributed by atoms with van der Waals surface area (Å²) in [7, 11) is 0. The van der Waals surface area contributed by atoms with Gasteiger partial charge in [-0.1, -0.05) is 0 Å². The molecule has 9 heavy (non-hydrogen) atoms. The number of aliphatic hydroxyl groups excluding tert-OH is 1. The van der Waals surface area contributed by atoms with Crippen molar-refractivity contribution >= 4 is 5.78 Å². The molecule has 2 rings (SSSR count). The lowest BCUT2D eigenvalue weighted by Crippen LogP contribution is -2.26. The van der Waals surface area contributed by atoms with E-state index in [-0.39, 0.29) is 24.1 Å². The Balaban J connectivity index is 2.19. The van der Waals surface area contributed by atoms with Crippen molar-refractivity contribution in [3.8, 4) is 0 Å².